The van der Waals surface area contributed by atoms with Crippen LogP contribution in [0.25, 0.3) is 11.3 Å². The fraction of sp³-hybridized carbons (Fsp3) is 0.452. The lowest BCUT2D eigenvalue weighted by molar-refractivity contribution is -0.137. The molecule has 1 saturated carbocycles. The molecule has 3 heterocycles. The molecule has 2 saturated heterocycles. The van der Waals surface area contributed by atoms with Crippen molar-refractivity contribution in [3.05, 3.63) is 71.4 Å². The number of benzene rings is 2. The predicted molar refractivity (Wildman–Crippen MR) is 149 cm³/mol. The monoisotopic (exact) mass is 582 g/mol. The normalized spacial score (nSPS) is 19.8. The molecule has 2 aromatic carbocycles. The number of aromatic nitrogens is 2. The number of hydrogen-bond donors (Lipinski definition) is 1. The summed E-state index contributed by atoms with van der Waals surface area (Å²) >= 11 is 0. The largest absolute Gasteiger partial charge is 0.478 e. The zero-order chi connectivity index (χ0) is 29.5. The Kier molecular flexibility index (Phi) is 7.46. The van der Waals surface area contributed by atoms with Crippen LogP contribution in [0, 0.1) is 0 Å². The second-order valence-corrected chi connectivity index (χ2v) is 11.6. The highest BCUT2D eigenvalue weighted by Crippen LogP contribution is 2.38. The molecule has 0 bridgehead atoms. The van der Waals surface area contributed by atoms with Gasteiger partial charge < -0.3 is 9.84 Å². The summed E-state index contributed by atoms with van der Waals surface area (Å²) in [7, 11) is 0. The average Bonchev–Trinajstić information content (AvgIpc) is 3.55. The summed E-state index contributed by atoms with van der Waals surface area (Å²) in [5.41, 5.74) is 1.32. The van der Waals surface area contributed by atoms with Crippen molar-refractivity contribution in [2.24, 2.45) is 0 Å². The number of piperidine rings is 1. The number of carbonyl (C=O) groups excluding carboxylic acids is 1. The number of carboxylic acid groups (broad SMARTS) is 1. The second kappa shape index (κ2) is 11.1. The van der Waals surface area contributed by atoms with E-state index < -0.39 is 29.4 Å². The standard InChI is InChI=1S/C31H33F3N4O4/c32-31(33,34)24-6-4-5-22(17-24)27-23(19-38(35-27)26-7-2-1-3-8-26)18-36-15-13-30(14-16-36)20-37(29(41)42-30)25-11-9-21(10-12-25)28(39)40/h4-6,9-12,17,19,26H,1-3,7-8,13-16,18,20H2,(H,39,40). The molecule has 0 radical (unpaired) electrons. The first-order valence-corrected chi connectivity index (χ1v) is 14.4. The maximum Gasteiger partial charge on any atom is 0.416 e. The van der Waals surface area contributed by atoms with Crippen LogP contribution in [-0.2, 0) is 17.5 Å². The van der Waals surface area contributed by atoms with E-state index in [0.717, 1.165) is 37.3 Å². The van der Waals surface area contributed by atoms with Gasteiger partial charge in [-0.1, -0.05) is 31.4 Å². The van der Waals surface area contributed by atoms with E-state index in [4.69, 9.17) is 14.9 Å². The van der Waals surface area contributed by atoms with Crippen LogP contribution < -0.4 is 4.90 Å². The first kappa shape index (κ1) is 28.3. The highest BCUT2D eigenvalue weighted by atomic mass is 19.4. The van der Waals surface area contributed by atoms with Crippen molar-refractivity contribution in [1.82, 2.24) is 14.7 Å². The smallest absolute Gasteiger partial charge is 0.416 e. The van der Waals surface area contributed by atoms with Crippen molar-refractivity contribution in [3.8, 4) is 11.3 Å². The van der Waals surface area contributed by atoms with Crippen molar-refractivity contribution in [2.75, 3.05) is 24.5 Å². The summed E-state index contributed by atoms with van der Waals surface area (Å²) in [5, 5.41) is 14.0. The van der Waals surface area contributed by atoms with Gasteiger partial charge in [0.1, 0.15) is 5.60 Å². The Morgan fingerprint density at radius 1 is 1.05 bits per heavy atom. The lowest BCUT2D eigenvalue weighted by Gasteiger charge is -2.37. The van der Waals surface area contributed by atoms with Gasteiger partial charge in [-0.05, 0) is 49.2 Å². The van der Waals surface area contributed by atoms with E-state index in [0.29, 0.717) is 56.0 Å². The fourth-order valence-electron chi connectivity index (χ4n) is 6.39. The Balaban J connectivity index is 1.18. The van der Waals surface area contributed by atoms with Gasteiger partial charge in [-0.3, -0.25) is 14.5 Å². The van der Waals surface area contributed by atoms with Crippen molar-refractivity contribution in [1.29, 1.82) is 0 Å². The van der Waals surface area contributed by atoms with Crippen LogP contribution in [0.15, 0.2) is 54.7 Å². The summed E-state index contributed by atoms with van der Waals surface area (Å²) in [5.74, 6) is -1.03. The Labute approximate surface area is 241 Å². The van der Waals surface area contributed by atoms with Gasteiger partial charge in [-0.15, -0.1) is 0 Å². The summed E-state index contributed by atoms with van der Waals surface area (Å²) < 4.78 is 48.4. The van der Waals surface area contributed by atoms with Crippen molar-refractivity contribution >= 4 is 17.7 Å². The molecule has 1 N–H and O–H groups in total. The number of rotatable bonds is 6. The Morgan fingerprint density at radius 2 is 1.76 bits per heavy atom. The fourth-order valence-corrected chi connectivity index (χ4v) is 6.39. The third-order valence-electron chi connectivity index (χ3n) is 8.78. The van der Waals surface area contributed by atoms with Crippen LogP contribution >= 0.6 is 0 Å². The first-order valence-electron chi connectivity index (χ1n) is 14.4. The number of anilines is 1. The maximum absolute atomic E-state index is 13.5. The van der Waals surface area contributed by atoms with Crippen LogP contribution in [0.5, 0.6) is 0 Å². The van der Waals surface area contributed by atoms with Crippen molar-refractivity contribution in [3.63, 3.8) is 0 Å². The summed E-state index contributed by atoms with van der Waals surface area (Å²) in [6.07, 6.45) is 3.78. The first-order chi connectivity index (χ1) is 20.1. The van der Waals surface area contributed by atoms with Crippen LogP contribution in [-0.4, -0.2) is 57.1 Å². The molecule has 3 aliphatic rings. The number of carboxylic acids is 1. The maximum atomic E-state index is 13.5. The molecular formula is C31H33F3N4O4. The summed E-state index contributed by atoms with van der Waals surface area (Å²) in [6, 6.07) is 11.8. The van der Waals surface area contributed by atoms with Gasteiger partial charge in [0, 0.05) is 55.5 Å². The molecule has 1 aliphatic carbocycles. The molecule has 6 rings (SSSR count). The van der Waals surface area contributed by atoms with E-state index in [-0.39, 0.29) is 11.6 Å². The average molecular weight is 583 g/mol. The summed E-state index contributed by atoms with van der Waals surface area (Å²) in [4.78, 5) is 27.7. The molecule has 222 valence electrons. The molecule has 1 aromatic heterocycles. The molecule has 8 nitrogen and oxygen atoms in total. The Hall–Kier alpha value is -3.86. The minimum absolute atomic E-state index is 0.144. The van der Waals surface area contributed by atoms with Crippen LogP contribution in [0.4, 0.5) is 23.7 Å². The Morgan fingerprint density at radius 3 is 2.43 bits per heavy atom. The van der Waals surface area contributed by atoms with E-state index in [2.05, 4.69) is 4.90 Å². The highest BCUT2D eigenvalue weighted by Gasteiger charge is 2.47. The van der Waals surface area contributed by atoms with E-state index in [9.17, 15) is 22.8 Å². The van der Waals surface area contributed by atoms with E-state index in [1.807, 2.05) is 10.9 Å². The number of alkyl halides is 3. The highest BCUT2D eigenvalue weighted by molar-refractivity contribution is 5.92. The molecule has 1 spiro atoms. The molecule has 42 heavy (non-hydrogen) atoms. The van der Waals surface area contributed by atoms with Gasteiger partial charge in [0.05, 0.1) is 29.4 Å². The molecule has 0 unspecified atom stereocenters. The van der Waals surface area contributed by atoms with Gasteiger partial charge in [-0.25, -0.2) is 9.59 Å². The Bertz CT molecular complexity index is 1460. The van der Waals surface area contributed by atoms with Crippen LogP contribution in [0.1, 0.15) is 72.5 Å². The van der Waals surface area contributed by atoms with Crippen molar-refractivity contribution in [2.45, 2.75) is 69.3 Å². The number of carbonyl (C=O) groups is 2. The predicted octanol–water partition coefficient (Wildman–Crippen LogP) is 6.76. The van der Waals surface area contributed by atoms with Gasteiger partial charge in [-0.2, -0.15) is 18.3 Å². The van der Waals surface area contributed by atoms with Crippen LogP contribution in [0.2, 0.25) is 0 Å². The zero-order valence-electron chi connectivity index (χ0n) is 23.1. The topological polar surface area (TPSA) is 87.9 Å². The number of amides is 1. The molecule has 11 heteroatoms. The van der Waals surface area contributed by atoms with E-state index >= 15 is 0 Å². The minimum Gasteiger partial charge on any atom is -0.478 e. The second-order valence-electron chi connectivity index (χ2n) is 11.6. The molecule has 2 aliphatic heterocycles. The number of halogens is 3. The number of ether oxygens (including phenoxy) is 1. The third kappa shape index (κ3) is 5.74. The van der Waals surface area contributed by atoms with E-state index in [1.54, 1.807) is 23.1 Å². The SMILES string of the molecule is O=C(O)c1ccc(N2CC3(CCN(Cc4cn(C5CCCCC5)nc4-c4cccc(C(F)(F)F)c4)CC3)OC2=O)cc1. The molecule has 1 amide bonds. The molecular weight excluding hydrogens is 549 g/mol. The van der Waals surface area contributed by atoms with Gasteiger partial charge in [0.2, 0.25) is 0 Å². The molecule has 3 fully saturated rings. The third-order valence-corrected chi connectivity index (χ3v) is 8.78. The number of nitrogens with zero attached hydrogens (tertiary/aromatic N) is 4. The number of likely N-dealkylation sites (tertiary alicyclic amines) is 1. The van der Waals surface area contributed by atoms with Crippen LogP contribution in [0.3, 0.4) is 0 Å². The van der Waals surface area contributed by atoms with E-state index in [1.165, 1.54) is 30.7 Å². The van der Waals surface area contributed by atoms with Crippen molar-refractivity contribution < 1.29 is 32.6 Å². The summed E-state index contributed by atoms with van der Waals surface area (Å²) in [6.45, 7) is 2.20. The lowest BCUT2D eigenvalue weighted by Crippen LogP contribution is -2.46. The minimum atomic E-state index is -4.44. The lowest BCUT2D eigenvalue weighted by atomic mass is 9.91. The number of hydrogen-bond acceptors (Lipinski definition) is 5. The van der Waals surface area contributed by atoms with Gasteiger partial charge in [0.15, 0.2) is 0 Å². The number of aromatic carboxylic acids is 1. The molecule has 3 aromatic rings. The zero-order valence-corrected chi connectivity index (χ0v) is 23.1. The quantitative estimate of drug-likeness (QED) is 0.346. The van der Waals surface area contributed by atoms with Gasteiger partial charge in [0.25, 0.3) is 0 Å². The molecule has 0 atom stereocenters. The van der Waals surface area contributed by atoms with Gasteiger partial charge >= 0.3 is 18.2 Å².